The van der Waals surface area contributed by atoms with Crippen LogP contribution in [0.1, 0.15) is 30.4 Å². The van der Waals surface area contributed by atoms with Gasteiger partial charge in [0, 0.05) is 46.2 Å². The number of fused-ring (bicyclic) bond motifs is 4. The summed E-state index contributed by atoms with van der Waals surface area (Å²) in [4.78, 5) is 24.6. The SMILES string of the molecule is O=c1cc(C[n+]2cn(CCCCCn3c[n+](Cc4cc(=O)oc5cc(O)ccc45)c4ccccc43)c3ccccc32)c2ccc(O)cc2o1. The van der Waals surface area contributed by atoms with Crippen molar-refractivity contribution in [3.63, 3.8) is 0 Å². The Balaban J connectivity index is 0.973. The van der Waals surface area contributed by atoms with E-state index in [1.807, 2.05) is 24.3 Å². The molecule has 0 amide bonds. The lowest BCUT2D eigenvalue weighted by molar-refractivity contribution is -0.663. The van der Waals surface area contributed by atoms with Crippen molar-refractivity contribution in [2.45, 2.75) is 45.4 Å². The standard InChI is InChI=1S/C39H32N4O6/c44-28-12-14-30-26(18-38(46)48-36(30)20-28)22-42-24-40(32-8-2-4-10-34(32)42)16-6-1-7-17-41-25-43(35-11-5-3-9-33(35)41)23-27-19-39(47)49-37-21-29(45)13-15-31(27)37/h2-5,8-15,18-21,24-25H,1,6-7,16-17,22-23H2/p+2. The van der Waals surface area contributed by atoms with Gasteiger partial charge < -0.3 is 19.0 Å². The molecule has 0 spiro atoms. The van der Waals surface area contributed by atoms with Crippen molar-refractivity contribution in [2.24, 2.45) is 0 Å². The van der Waals surface area contributed by atoms with E-state index in [0.717, 1.165) is 76.3 Å². The number of para-hydroxylation sites is 4. The molecule has 0 unspecified atom stereocenters. The third kappa shape index (κ3) is 5.93. The molecule has 2 N–H and O–H groups in total. The Hall–Kier alpha value is -6.16. The van der Waals surface area contributed by atoms with Gasteiger partial charge in [0.2, 0.25) is 12.7 Å². The number of aryl methyl sites for hydroxylation is 2. The first-order chi connectivity index (χ1) is 23.9. The second-order valence-corrected chi connectivity index (χ2v) is 12.5. The molecule has 10 heteroatoms. The summed E-state index contributed by atoms with van der Waals surface area (Å²) in [7, 11) is 0. The number of unbranched alkanes of at least 4 members (excludes halogenated alkanes) is 2. The van der Waals surface area contributed by atoms with Crippen LogP contribution < -0.4 is 20.4 Å². The Kier molecular flexibility index (Phi) is 7.68. The van der Waals surface area contributed by atoms with Crippen molar-refractivity contribution in [1.82, 2.24) is 9.13 Å². The summed E-state index contributed by atoms with van der Waals surface area (Å²) in [5, 5.41) is 21.4. The number of hydrogen-bond donors (Lipinski definition) is 2. The summed E-state index contributed by atoms with van der Waals surface area (Å²) in [5.41, 5.74) is 5.92. The highest BCUT2D eigenvalue weighted by atomic mass is 16.4. The van der Waals surface area contributed by atoms with E-state index >= 15 is 0 Å². The number of nitrogens with zero attached hydrogens (tertiary/aromatic N) is 4. The molecule has 0 aliphatic carbocycles. The quantitative estimate of drug-likeness (QED) is 0.110. The van der Waals surface area contributed by atoms with Crippen LogP contribution in [0.25, 0.3) is 44.0 Å². The van der Waals surface area contributed by atoms with Crippen molar-refractivity contribution in [3.05, 3.63) is 142 Å². The molecule has 10 nitrogen and oxygen atoms in total. The van der Waals surface area contributed by atoms with E-state index in [1.165, 1.54) is 24.3 Å². The van der Waals surface area contributed by atoms with E-state index in [1.54, 1.807) is 24.3 Å². The minimum atomic E-state index is -0.444. The molecule has 4 heterocycles. The van der Waals surface area contributed by atoms with Gasteiger partial charge in [-0.25, -0.2) is 27.9 Å². The van der Waals surface area contributed by atoms with Gasteiger partial charge >= 0.3 is 11.3 Å². The summed E-state index contributed by atoms with van der Waals surface area (Å²) in [6.45, 7) is 2.69. The minimum absolute atomic E-state index is 0.0558. The van der Waals surface area contributed by atoms with Crippen LogP contribution in [0.4, 0.5) is 0 Å². The highest BCUT2D eigenvalue weighted by molar-refractivity contribution is 5.82. The molecule has 0 aliphatic rings. The van der Waals surface area contributed by atoms with Crippen molar-refractivity contribution in [1.29, 1.82) is 0 Å². The van der Waals surface area contributed by atoms with Crippen LogP contribution in [-0.4, -0.2) is 19.3 Å². The first-order valence-corrected chi connectivity index (χ1v) is 16.4. The lowest BCUT2D eigenvalue weighted by atomic mass is 10.1. The van der Waals surface area contributed by atoms with Gasteiger partial charge in [0.1, 0.15) is 35.8 Å². The molecule has 244 valence electrons. The molecule has 0 bridgehead atoms. The van der Waals surface area contributed by atoms with Crippen LogP contribution in [0.5, 0.6) is 11.5 Å². The zero-order valence-corrected chi connectivity index (χ0v) is 26.7. The Morgan fingerprint density at radius 1 is 0.551 bits per heavy atom. The predicted octanol–water partition coefficient (Wildman–Crippen LogP) is 5.76. The Morgan fingerprint density at radius 2 is 1.00 bits per heavy atom. The van der Waals surface area contributed by atoms with Gasteiger partial charge in [0.15, 0.2) is 22.1 Å². The fourth-order valence-electron chi connectivity index (χ4n) is 6.90. The largest absolute Gasteiger partial charge is 0.508 e. The van der Waals surface area contributed by atoms with Crippen LogP contribution in [0.15, 0.2) is 128 Å². The zero-order valence-electron chi connectivity index (χ0n) is 26.7. The van der Waals surface area contributed by atoms with E-state index in [2.05, 4.69) is 55.2 Å². The van der Waals surface area contributed by atoms with E-state index in [9.17, 15) is 19.8 Å². The van der Waals surface area contributed by atoms with Gasteiger partial charge in [-0.15, -0.1) is 0 Å². The van der Waals surface area contributed by atoms with Gasteiger partial charge in [-0.05, 0) is 67.8 Å². The maximum atomic E-state index is 12.3. The second-order valence-electron chi connectivity index (χ2n) is 12.5. The van der Waals surface area contributed by atoms with Crippen LogP contribution >= 0.6 is 0 Å². The third-order valence-electron chi connectivity index (χ3n) is 9.17. The predicted molar refractivity (Wildman–Crippen MR) is 185 cm³/mol. The molecule has 4 aromatic carbocycles. The fraction of sp³-hybridized carbons (Fsp3) is 0.179. The van der Waals surface area contributed by atoms with Crippen molar-refractivity contribution >= 4 is 44.0 Å². The molecule has 0 fully saturated rings. The lowest BCUT2D eigenvalue weighted by Crippen LogP contribution is -2.33. The van der Waals surface area contributed by atoms with Gasteiger partial charge in [-0.1, -0.05) is 24.3 Å². The van der Waals surface area contributed by atoms with Gasteiger partial charge in [-0.2, -0.15) is 0 Å². The highest BCUT2D eigenvalue weighted by Gasteiger charge is 2.19. The molecule has 0 saturated heterocycles. The topological polar surface area (TPSA) is 119 Å². The number of phenols is 2. The van der Waals surface area contributed by atoms with Gasteiger partial charge in [-0.3, -0.25) is 0 Å². The number of phenolic OH excluding ortho intramolecular Hbond substituents is 2. The maximum Gasteiger partial charge on any atom is 0.336 e. The molecule has 0 atom stereocenters. The third-order valence-corrected chi connectivity index (χ3v) is 9.17. The monoisotopic (exact) mass is 654 g/mol. The Labute approximate surface area is 279 Å². The van der Waals surface area contributed by atoms with Crippen molar-refractivity contribution in [3.8, 4) is 11.5 Å². The molecular formula is C39H34N4O6+2. The summed E-state index contributed by atoms with van der Waals surface area (Å²) in [6.07, 6.45) is 7.24. The summed E-state index contributed by atoms with van der Waals surface area (Å²) in [5.74, 6) is 0.112. The molecule has 0 saturated carbocycles. The van der Waals surface area contributed by atoms with Crippen LogP contribution in [-0.2, 0) is 26.2 Å². The normalized spacial score (nSPS) is 11.8. The second kappa shape index (κ2) is 12.5. The average Bonchev–Trinajstić information content (AvgIpc) is 3.61. The number of rotatable bonds is 10. The number of aromatic nitrogens is 4. The first-order valence-electron chi connectivity index (χ1n) is 16.4. The summed E-state index contributed by atoms with van der Waals surface area (Å²) < 4.78 is 19.5. The van der Waals surface area contributed by atoms with E-state index in [0.29, 0.717) is 24.3 Å². The minimum Gasteiger partial charge on any atom is -0.508 e. The fourth-order valence-corrected chi connectivity index (χ4v) is 6.90. The molecule has 0 radical (unpaired) electrons. The molecule has 49 heavy (non-hydrogen) atoms. The number of imidazole rings is 2. The molecule has 8 aromatic rings. The van der Waals surface area contributed by atoms with Crippen LogP contribution in [0.3, 0.4) is 0 Å². The van der Waals surface area contributed by atoms with E-state index in [4.69, 9.17) is 8.83 Å². The molecule has 4 aromatic heterocycles. The Bertz CT molecular complexity index is 2450. The van der Waals surface area contributed by atoms with Gasteiger partial charge in [0.25, 0.3) is 0 Å². The van der Waals surface area contributed by atoms with Crippen LogP contribution in [0.2, 0.25) is 0 Å². The molecular weight excluding hydrogens is 620 g/mol. The number of hydrogen-bond acceptors (Lipinski definition) is 6. The Morgan fingerprint density at radius 3 is 1.47 bits per heavy atom. The summed E-state index contributed by atoms with van der Waals surface area (Å²) >= 11 is 0. The molecule has 0 aliphatic heterocycles. The highest BCUT2D eigenvalue weighted by Crippen LogP contribution is 2.24. The van der Waals surface area contributed by atoms with Crippen LogP contribution in [0, 0.1) is 0 Å². The van der Waals surface area contributed by atoms with E-state index < -0.39 is 11.3 Å². The zero-order chi connectivity index (χ0) is 33.5. The average molecular weight is 655 g/mol. The van der Waals surface area contributed by atoms with Crippen molar-refractivity contribution in [2.75, 3.05) is 0 Å². The first kappa shape index (κ1) is 30.2. The van der Waals surface area contributed by atoms with Crippen molar-refractivity contribution < 1.29 is 28.2 Å². The summed E-state index contributed by atoms with van der Waals surface area (Å²) in [6, 6.07) is 29.3. The van der Waals surface area contributed by atoms with Gasteiger partial charge in [0.05, 0.1) is 13.1 Å². The smallest absolute Gasteiger partial charge is 0.336 e. The number of benzene rings is 4. The number of aromatic hydroxyl groups is 2. The molecule has 8 rings (SSSR count). The maximum absolute atomic E-state index is 12.3. The lowest BCUT2D eigenvalue weighted by Gasteiger charge is -2.04. The van der Waals surface area contributed by atoms with E-state index in [-0.39, 0.29) is 11.5 Å².